The standard InChI is InChI=1S/C18H25NO3/c1-12(2)16(13-6-4-3-5-7-13)11-19-17(20)14-8-9-15(10-14)18(21)22/h3-7,12,14-16H,8-11H2,1-2H3,(H,19,20)(H,21,22)/t14-,15+,16?/m1/s1. The maximum Gasteiger partial charge on any atom is 0.306 e. The van der Waals surface area contributed by atoms with Crippen LogP contribution in [0.25, 0.3) is 0 Å². The van der Waals surface area contributed by atoms with Crippen LogP contribution in [0.5, 0.6) is 0 Å². The largest absolute Gasteiger partial charge is 0.481 e. The summed E-state index contributed by atoms with van der Waals surface area (Å²) in [4.78, 5) is 23.2. The molecular weight excluding hydrogens is 278 g/mol. The normalized spacial score (nSPS) is 22.5. The van der Waals surface area contributed by atoms with Gasteiger partial charge in [0.25, 0.3) is 0 Å². The molecular formula is C18H25NO3. The second kappa shape index (κ2) is 7.43. The third-order valence-corrected chi connectivity index (χ3v) is 4.68. The highest BCUT2D eigenvalue weighted by molar-refractivity contribution is 5.80. The fraction of sp³-hybridized carbons (Fsp3) is 0.556. The Morgan fingerprint density at radius 2 is 1.82 bits per heavy atom. The number of nitrogens with one attached hydrogen (secondary N) is 1. The molecule has 3 atom stereocenters. The van der Waals surface area contributed by atoms with Crippen molar-refractivity contribution in [2.75, 3.05) is 6.54 Å². The molecule has 1 fully saturated rings. The van der Waals surface area contributed by atoms with E-state index in [2.05, 4.69) is 31.3 Å². The lowest BCUT2D eigenvalue weighted by Gasteiger charge is -2.23. The lowest BCUT2D eigenvalue weighted by molar-refractivity contribution is -0.141. The topological polar surface area (TPSA) is 66.4 Å². The Balaban J connectivity index is 1.90. The number of aliphatic carboxylic acids is 1. The van der Waals surface area contributed by atoms with Crippen LogP contribution in [-0.2, 0) is 9.59 Å². The van der Waals surface area contributed by atoms with Crippen molar-refractivity contribution in [1.29, 1.82) is 0 Å². The minimum absolute atomic E-state index is 0.00494. The van der Waals surface area contributed by atoms with Crippen molar-refractivity contribution < 1.29 is 14.7 Å². The van der Waals surface area contributed by atoms with Crippen molar-refractivity contribution in [3.8, 4) is 0 Å². The summed E-state index contributed by atoms with van der Waals surface area (Å²) in [5.74, 6) is -0.569. The third kappa shape index (κ3) is 4.09. The van der Waals surface area contributed by atoms with E-state index < -0.39 is 5.97 Å². The van der Waals surface area contributed by atoms with Crippen LogP contribution in [0.15, 0.2) is 30.3 Å². The molecule has 4 heteroatoms. The van der Waals surface area contributed by atoms with Gasteiger partial charge in [0, 0.05) is 18.4 Å². The molecule has 0 radical (unpaired) electrons. The minimum atomic E-state index is -0.778. The molecule has 1 aliphatic carbocycles. The maximum atomic E-state index is 12.3. The summed E-state index contributed by atoms with van der Waals surface area (Å²) in [5, 5.41) is 12.1. The van der Waals surface area contributed by atoms with E-state index in [1.165, 1.54) is 5.56 Å². The van der Waals surface area contributed by atoms with Crippen LogP contribution in [-0.4, -0.2) is 23.5 Å². The number of carboxylic acid groups (broad SMARTS) is 1. The second-order valence-corrected chi connectivity index (χ2v) is 6.55. The first-order valence-corrected chi connectivity index (χ1v) is 8.04. The van der Waals surface area contributed by atoms with Crippen LogP contribution in [0.2, 0.25) is 0 Å². The van der Waals surface area contributed by atoms with Gasteiger partial charge in [-0.3, -0.25) is 9.59 Å². The van der Waals surface area contributed by atoms with E-state index in [1.54, 1.807) is 0 Å². The van der Waals surface area contributed by atoms with Crippen LogP contribution in [0.1, 0.15) is 44.6 Å². The molecule has 0 aliphatic heterocycles. The number of hydrogen-bond acceptors (Lipinski definition) is 2. The summed E-state index contributed by atoms with van der Waals surface area (Å²) in [6.07, 6.45) is 1.76. The Bertz CT molecular complexity index is 512. The Morgan fingerprint density at radius 3 is 2.36 bits per heavy atom. The van der Waals surface area contributed by atoms with Gasteiger partial charge in [-0.05, 0) is 30.7 Å². The number of benzene rings is 1. The molecule has 0 heterocycles. The fourth-order valence-corrected chi connectivity index (χ4v) is 3.24. The van der Waals surface area contributed by atoms with Gasteiger partial charge in [-0.15, -0.1) is 0 Å². The average molecular weight is 303 g/mol. The fourth-order valence-electron chi connectivity index (χ4n) is 3.24. The van der Waals surface area contributed by atoms with Crippen molar-refractivity contribution in [2.45, 2.75) is 39.0 Å². The number of amides is 1. The number of carbonyl (C=O) groups excluding carboxylic acids is 1. The molecule has 2 N–H and O–H groups in total. The number of rotatable bonds is 6. The van der Waals surface area contributed by atoms with E-state index in [0.29, 0.717) is 31.7 Å². The summed E-state index contributed by atoms with van der Waals surface area (Å²) in [7, 11) is 0. The lowest BCUT2D eigenvalue weighted by atomic mass is 9.88. The smallest absolute Gasteiger partial charge is 0.306 e. The van der Waals surface area contributed by atoms with Gasteiger partial charge < -0.3 is 10.4 Å². The molecule has 2 rings (SSSR count). The zero-order valence-corrected chi connectivity index (χ0v) is 13.3. The van der Waals surface area contributed by atoms with Gasteiger partial charge in [0.15, 0.2) is 0 Å². The lowest BCUT2D eigenvalue weighted by Crippen LogP contribution is -2.34. The van der Waals surface area contributed by atoms with Gasteiger partial charge in [-0.2, -0.15) is 0 Å². The van der Waals surface area contributed by atoms with E-state index in [4.69, 9.17) is 5.11 Å². The zero-order chi connectivity index (χ0) is 16.1. The molecule has 1 aromatic carbocycles. The minimum Gasteiger partial charge on any atom is -0.481 e. The summed E-state index contributed by atoms with van der Waals surface area (Å²) >= 11 is 0. The quantitative estimate of drug-likeness (QED) is 0.849. The van der Waals surface area contributed by atoms with Gasteiger partial charge in [0.1, 0.15) is 0 Å². The molecule has 1 saturated carbocycles. The first-order valence-electron chi connectivity index (χ1n) is 8.04. The summed E-state index contributed by atoms with van der Waals surface area (Å²) < 4.78 is 0. The molecule has 1 unspecified atom stereocenters. The van der Waals surface area contributed by atoms with Crippen LogP contribution in [0.3, 0.4) is 0 Å². The molecule has 0 spiro atoms. The van der Waals surface area contributed by atoms with E-state index in [9.17, 15) is 9.59 Å². The summed E-state index contributed by atoms with van der Waals surface area (Å²) in [5.41, 5.74) is 1.23. The molecule has 1 amide bonds. The average Bonchev–Trinajstić information content (AvgIpc) is 2.98. The van der Waals surface area contributed by atoms with Crippen molar-refractivity contribution >= 4 is 11.9 Å². The third-order valence-electron chi connectivity index (χ3n) is 4.68. The Hall–Kier alpha value is -1.84. The van der Waals surface area contributed by atoms with Crippen LogP contribution >= 0.6 is 0 Å². The summed E-state index contributed by atoms with van der Waals surface area (Å²) in [6.45, 7) is 4.91. The molecule has 4 nitrogen and oxygen atoms in total. The number of hydrogen-bond donors (Lipinski definition) is 2. The van der Waals surface area contributed by atoms with Crippen LogP contribution < -0.4 is 5.32 Å². The Morgan fingerprint density at radius 1 is 1.18 bits per heavy atom. The van der Waals surface area contributed by atoms with Gasteiger partial charge in [0.05, 0.1) is 5.92 Å². The van der Waals surface area contributed by atoms with Crippen molar-refractivity contribution in [3.63, 3.8) is 0 Å². The Kier molecular flexibility index (Phi) is 5.58. The van der Waals surface area contributed by atoms with Crippen molar-refractivity contribution in [1.82, 2.24) is 5.32 Å². The van der Waals surface area contributed by atoms with Gasteiger partial charge in [-0.1, -0.05) is 44.2 Å². The molecule has 22 heavy (non-hydrogen) atoms. The molecule has 0 saturated heterocycles. The first-order chi connectivity index (χ1) is 10.5. The molecule has 1 aliphatic rings. The van der Waals surface area contributed by atoms with E-state index in [1.807, 2.05) is 18.2 Å². The highest BCUT2D eigenvalue weighted by atomic mass is 16.4. The predicted octanol–water partition coefficient (Wildman–Crippen LogP) is 3.04. The van der Waals surface area contributed by atoms with Crippen LogP contribution in [0.4, 0.5) is 0 Å². The van der Waals surface area contributed by atoms with Crippen molar-refractivity contribution in [3.05, 3.63) is 35.9 Å². The number of carboxylic acids is 1. The van der Waals surface area contributed by atoms with Crippen molar-refractivity contribution in [2.24, 2.45) is 17.8 Å². The first kappa shape index (κ1) is 16.5. The van der Waals surface area contributed by atoms with Gasteiger partial charge in [0.2, 0.25) is 5.91 Å². The number of carbonyl (C=O) groups is 2. The Labute approximate surface area is 131 Å². The van der Waals surface area contributed by atoms with Crippen LogP contribution in [0, 0.1) is 17.8 Å². The monoisotopic (exact) mass is 303 g/mol. The van der Waals surface area contributed by atoms with E-state index in [-0.39, 0.29) is 23.7 Å². The summed E-state index contributed by atoms with van der Waals surface area (Å²) in [6, 6.07) is 10.2. The van der Waals surface area contributed by atoms with E-state index >= 15 is 0 Å². The maximum absolute atomic E-state index is 12.3. The molecule has 1 aromatic rings. The SMILES string of the molecule is CC(C)C(CNC(=O)[C@@H]1CC[C@H](C(=O)O)C1)c1ccccc1. The van der Waals surface area contributed by atoms with Gasteiger partial charge in [-0.25, -0.2) is 0 Å². The predicted molar refractivity (Wildman–Crippen MR) is 85.5 cm³/mol. The zero-order valence-electron chi connectivity index (χ0n) is 13.3. The second-order valence-electron chi connectivity index (χ2n) is 6.55. The molecule has 120 valence electrons. The van der Waals surface area contributed by atoms with E-state index in [0.717, 1.165) is 0 Å². The molecule has 0 bridgehead atoms. The molecule has 0 aromatic heterocycles. The highest BCUT2D eigenvalue weighted by Crippen LogP contribution is 2.31. The highest BCUT2D eigenvalue weighted by Gasteiger charge is 2.34. The van der Waals surface area contributed by atoms with Gasteiger partial charge >= 0.3 is 5.97 Å².